The average molecular weight is 288 g/mol. The van der Waals surface area contributed by atoms with Gasteiger partial charge in [0.1, 0.15) is 11.6 Å². The van der Waals surface area contributed by atoms with E-state index in [0.717, 1.165) is 31.2 Å². The molecule has 0 unspecified atom stereocenters. The van der Waals surface area contributed by atoms with Gasteiger partial charge in [0.2, 0.25) is 0 Å². The third-order valence-electron chi connectivity index (χ3n) is 3.27. The highest BCUT2D eigenvalue weighted by Crippen LogP contribution is 2.42. The van der Waals surface area contributed by atoms with Crippen LogP contribution in [0.4, 0.5) is 4.39 Å². The lowest BCUT2D eigenvalue weighted by Crippen LogP contribution is -2.33. The number of rotatable bonds is 2. The molecule has 1 aromatic carbocycles. The standard InChI is InChI=1S/C12H15BrFNO/c1-16-11-7-9(13)10(14)6-8(11)12(15)4-2-3-5-12/h6-7H,2-5,15H2,1H3. The maximum Gasteiger partial charge on any atom is 0.137 e. The third kappa shape index (κ3) is 1.96. The molecule has 1 aliphatic rings. The number of hydrogen-bond acceptors (Lipinski definition) is 2. The van der Waals surface area contributed by atoms with Crippen molar-refractivity contribution in [2.45, 2.75) is 31.2 Å². The van der Waals surface area contributed by atoms with Gasteiger partial charge in [0, 0.05) is 11.1 Å². The Morgan fingerprint density at radius 3 is 2.56 bits per heavy atom. The maximum atomic E-state index is 13.6. The van der Waals surface area contributed by atoms with Crippen molar-refractivity contribution in [1.29, 1.82) is 0 Å². The Labute approximate surface area is 103 Å². The fourth-order valence-corrected chi connectivity index (χ4v) is 2.68. The van der Waals surface area contributed by atoms with Crippen molar-refractivity contribution in [2.24, 2.45) is 5.73 Å². The summed E-state index contributed by atoms with van der Waals surface area (Å²) >= 11 is 3.15. The van der Waals surface area contributed by atoms with E-state index >= 15 is 0 Å². The van der Waals surface area contributed by atoms with Crippen LogP contribution in [0.3, 0.4) is 0 Å². The van der Waals surface area contributed by atoms with Crippen molar-refractivity contribution >= 4 is 15.9 Å². The van der Waals surface area contributed by atoms with Gasteiger partial charge in [-0.05, 0) is 40.9 Å². The SMILES string of the molecule is COc1cc(Br)c(F)cc1C1(N)CCCC1. The molecule has 0 heterocycles. The van der Waals surface area contributed by atoms with Gasteiger partial charge in [-0.1, -0.05) is 12.8 Å². The Bertz CT molecular complexity index is 402. The van der Waals surface area contributed by atoms with Crippen LogP contribution in [0.2, 0.25) is 0 Å². The van der Waals surface area contributed by atoms with E-state index in [1.807, 2.05) is 0 Å². The summed E-state index contributed by atoms with van der Waals surface area (Å²) in [6.07, 6.45) is 3.98. The first-order valence-electron chi connectivity index (χ1n) is 5.39. The minimum Gasteiger partial charge on any atom is -0.496 e. The molecule has 1 aliphatic carbocycles. The Hall–Kier alpha value is -0.610. The number of hydrogen-bond donors (Lipinski definition) is 1. The molecule has 0 radical (unpaired) electrons. The van der Waals surface area contributed by atoms with Gasteiger partial charge in [-0.15, -0.1) is 0 Å². The van der Waals surface area contributed by atoms with Crippen LogP contribution in [0.25, 0.3) is 0 Å². The van der Waals surface area contributed by atoms with Gasteiger partial charge < -0.3 is 10.5 Å². The summed E-state index contributed by atoms with van der Waals surface area (Å²) in [4.78, 5) is 0. The van der Waals surface area contributed by atoms with Crippen LogP contribution in [0, 0.1) is 5.82 Å². The molecular formula is C12H15BrFNO. The molecule has 1 aromatic rings. The second kappa shape index (κ2) is 4.34. The van der Waals surface area contributed by atoms with Crippen molar-refractivity contribution in [1.82, 2.24) is 0 Å². The van der Waals surface area contributed by atoms with Crippen LogP contribution in [-0.4, -0.2) is 7.11 Å². The molecule has 0 atom stereocenters. The maximum absolute atomic E-state index is 13.6. The van der Waals surface area contributed by atoms with Gasteiger partial charge in [-0.25, -0.2) is 4.39 Å². The van der Waals surface area contributed by atoms with Gasteiger partial charge in [-0.3, -0.25) is 0 Å². The lowest BCUT2D eigenvalue weighted by Gasteiger charge is -2.26. The first kappa shape index (κ1) is 11.9. The van der Waals surface area contributed by atoms with Gasteiger partial charge in [0.25, 0.3) is 0 Å². The molecule has 88 valence electrons. The average Bonchev–Trinajstić information content (AvgIpc) is 2.69. The van der Waals surface area contributed by atoms with Crippen molar-refractivity contribution in [2.75, 3.05) is 7.11 Å². The molecule has 2 rings (SSSR count). The van der Waals surface area contributed by atoms with Crippen LogP contribution >= 0.6 is 15.9 Å². The van der Waals surface area contributed by atoms with Crippen molar-refractivity contribution in [3.8, 4) is 5.75 Å². The van der Waals surface area contributed by atoms with Crippen LogP contribution in [-0.2, 0) is 5.54 Å². The second-order valence-corrected chi connectivity index (χ2v) is 5.18. The van der Waals surface area contributed by atoms with E-state index in [-0.39, 0.29) is 5.82 Å². The summed E-state index contributed by atoms with van der Waals surface area (Å²) in [7, 11) is 1.58. The lowest BCUT2D eigenvalue weighted by atomic mass is 9.88. The summed E-state index contributed by atoms with van der Waals surface area (Å²) in [5.74, 6) is 0.380. The molecule has 1 fully saturated rings. The summed E-state index contributed by atoms with van der Waals surface area (Å²) < 4.78 is 19.3. The lowest BCUT2D eigenvalue weighted by molar-refractivity contribution is 0.376. The number of nitrogens with two attached hydrogens (primary N) is 1. The summed E-state index contributed by atoms with van der Waals surface area (Å²) in [5.41, 5.74) is 6.68. The van der Waals surface area contributed by atoms with E-state index in [2.05, 4.69) is 15.9 Å². The highest BCUT2D eigenvalue weighted by Gasteiger charge is 2.34. The molecule has 2 nitrogen and oxygen atoms in total. The Morgan fingerprint density at radius 1 is 1.38 bits per heavy atom. The Kier molecular flexibility index (Phi) is 3.22. The summed E-state index contributed by atoms with van der Waals surface area (Å²) in [6, 6.07) is 3.14. The molecule has 0 bridgehead atoms. The smallest absolute Gasteiger partial charge is 0.137 e. The van der Waals surface area contributed by atoms with Crippen molar-refractivity contribution < 1.29 is 9.13 Å². The van der Waals surface area contributed by atoms with Crippen LogP contribution in [0.1, 0.15) is 31.2 Å². The van der Waals surface area contributed by atoms with E-state index in [0.29, 0.717) is 10.2 Å². The number of benzene rings is 1. The highest BCUT2D eigenvalue weighted by molar-refractivity contribution is 9.10. The topological polar surface area (TPSA) is 35.2 Å². The van der Waals surface area contributed by atoms with Crippen LogP contribution in [0.15, 0.2) is 16.6 Å². The van der Waals surface area contributed by atoms with Crippen molar-refractivity contribution in [3.05, 3.63) is 28.0 Å². The highest BCUT2D eigenvalue weighted by atomic mass is 79.9. The minimum atomic E-state index is -0.424. The Balaban J connectivity index is 2.50. The first-order valence-corrected chi connectivity index (χ1v) is 6.18. The predicted molar refractivity (Wildman–Crippen MR) is 65.0 cm³/mol. The number of ether oxygens (including phenoxy) is 1. The normalized spacial score (nSPS) is 18.8. The number of halogens is 2. The zero-order chi connectivity index (χ0) is 11.8. The van der Waals surface area contributed by atoms with E-state index < -0.39 is 5.54 Å². The van der Waals surface area contributed by atoms with Gasteiger partial charge >= 0.3 is 0 Å². The zero-order valence-electron chi connectivity index (χ0n) is 9.22. The minimum absolute atomic E-state index is 0.285. The van der Waals surface area contributed by atoms with Gasteiger partial charge in [0.15, 0.2) is 0 Å². The molecule has 0 aliphatic heterocycles. The molecule has 0 amide bonds. The van der Waals surface area contributed by atoms with Crippen LogP contribution in [0.5, 0.6) is 5.75 Å². The fraction of sp³-hybridized carbons (Fsp3) is 0.500. The van der Waals surface area contributed by atoms with Crippen molar-refractivity contribution in [3.63, 3.8) is 0 Å². The third-order valence-corrected chi connectivity index (χ3v) is 3.88. The van der Waals surface area contributed by atoms with E-state index in [9.17, 15) is 4.39 Å². The van der Waals surface area contributed by atoms with Gasteiger partial charge in [-0.2, -0.15) is 0 Å². The van der Waals surface area contributed by atoms with Crippen LogP contribution < -0.4 is 10.5 Å². The molecule has 0 aromatic heterocycles. The quantitative estimate of drug-likeness (QED) is 0.906. The second-order valence-electron chi connectivity index (χ2n) is 4.33. The van der Waals surface area contributed by atoms with E-state index in [1.54, 1.807) is 13.2 Å². The monoisotopic (exact) mass is 287 g/mol. The predicted octanol–water partition coefficient (Wildman–Crippen LogP) is 3.32. The first-order chi connectivity index (χ1) is 7.57. The molecule has 0 saturated heterocycles. The Morgan fingerprint density at radius 2 is 2.00 bits per heavy atom. The molecule has 2 N–H and O–H groups in total. The molecule has 16 heavy (non-hydrogen) atoms. The zero-order valence-corrected chi connectivity index (χ0v) is 10.8. The summed E-state index contributed by atoms with van der Waals surface area (Å²) in [6.45, 7) is 0. The summed E-state index contributed by atoms with van der Waals surface area (Å²) in [5, 5.41) is 0. The molecule has 4 heteroatoms. The molecular weight excluding hydrogens is 273 g/mol. The van der Waals surface area contributed by atoms with E-state index in [4.69, 9.17) is 10.5 Å². The van der Waals surface area contributed by atoms with E-state index in [1.165, 1.54) is 6.07 Å². The largest absolute Gasteiger partial charge is 0.496 e. The molecule has 0 spiro atoms. The molecule has 1 saturated carbocycles. The number of methoxy groups -OCH3 is 1. The van der Waals surface area contributed by atoms with Gasteiger partial charge in [0.05, 0.1) is 11.6 Å². The fourth-order valence-electron chi connectivity index (χ4n) is 2.36.